The summed E-state index contributed by atoms with van der Waals surface area (Å²) >= 11 is 0. The molecule has 0 spiro atoms. The van der Waals surface area contributed by atoms with Crippen LogP contribution >= 0.6 is 0 Å². The van der Waals surface area contributed by atoms with Gasteiger partial charge in [-0.2, -0.15) is 0 Å². The Labute approximate surface area is 439 Å². The lowest BCUT2D eigenvalue weighted by Crippen LogP contribution is -2.62. The minimum atomic E-state index is -0.707. The lowest BCUT2D eigenvalue weighted by Gasteiger charge is -2.65. The second-order valence-corrected chi connectivity index (χ2v) is 27.4. The highest BCUT2D eigenvalue weighted by Crippen LogP contribution is 2.72. The van der Waals surface area contributed by atoms with Gasteiger partial charge < -0.3 is 28.8 Å². The van der Waals surface area contributed by atoms with Crippen LogP contribution in [0.4, 0.5) is 0 Å². The quantitative estimate of drug-likeness (QED) is 0.0739. The van der Waals surface area contributed by atoms with E-state index in [1.807, 2.05) is 20.8 Å². The van der Waals surface area contributed by atoms with Crippen molar-refractivity contribution < 1.29 is 57.6 Å². The molecule has 0 aromatic heterocycles. The third-order valence-corrected chi connectivity index (χ3v) is 23.4. The molecule has 8 rings (SSSR count). The van der Waals surface area contributed by atoms with Crippen LogP contribution in [0, 0.1) is 105 Å². The molecule has 0 heterocycles. The summed E-state index contributed by atoms with van der Waals surface area (Å²) in [4.78, 5) is 69.3. The van der Waals surface area contributed by atoms with E-state index in [2.05, 4.69) is 55.4 Å². The molecule has 12 nitrogen and oxygen atoms in total. The molecule has 0 radical (unpaired) electrons. The Morgan fingerprint density at radius 2 is 0.945 bits per heavy atom. The number of hydrogen-bond acceptors (Lipinski definition) is 11. The maximum absolute atomic E-state index is 12.3. The van der Waals surface area contributed by atoms with Crippen molar-refractivity contribution in [3.63, 3.8) is 0 Å². The molecule has 0 saturated heterocycles. The zero-order valence-corrected chi connectivity index (χ0v) is 47.0. The van der Waals surface area contributed by atoms with E-state index in [9.17, 15) is 33.9 Å². The fourth-order valence-electron chi connectivity index (χ4n) is 20.4. The van der Waals surface area contributed by atoms with E-state index in [4.69, 9.17) is 23.7 Å². The van der Waals surface area contributed by atoms with Crippen molar-refractivity contribution in [2.75, 3.05) is 0 Å². The minimum Gasteiger partial charge on any atom is -0.481 e. The van der Waals surface area contributed by atoms with E-state index in [0.717, 1.165) is 89.9 Å². The van der Waals surface area contributed by atoms with Gasteiger partial charge in [-0.3, -0.25) is 28.8 Å². The topological polar surface area (TPSA) is 169 Å². The molecule has 22 atom stereocenters. The van der Waals surface area contributed by atoms with Crippen LogP contribution in [0.25, 0.3) is 0 Å². The Morgan fingerprint density at radius 3 is 1.33 bits per heavy atom. The normalized spacial score (nSPS) is 44.2. The van der Waals surface area contributed by atoms with Crippen LogP contribution in [-0.2, 0) is 52.5 Å². The van der Waals surface area contributed by atoms with Gasteiger partial charge in [-0.05, 0) is 235 Å². The SMILES string of the molecule is CC[C@H]1[C@@H](OC=O)[C@@H]2[C@H](CC[C@]3(C)[C@@H]([C@H](C)CCC(=O)O)CC[C@@H]23)[C@@]2(C)CC[C@@H](OC=O)C[C@@H]12.CC[C@H]1[C@@H](OC=O)[C@@H]2[C@H](CC[C@]3(C)[C@@H]([C@H](C)CCCC(=O)OC(C)(C)C)CC[C@@H]23)[C@@]2(C)CC[C@@H](OC=O)C[C@@H]12. The molecule has 0 bridgehead atoms. The summed E-state index contributed by atoms with van der Waals surface area (Å²) in [7, 11) is 0. The molecular weight excluding hydrogens is 925 g/mol. The van der Waals surface area contributed by atoms with E-state index in [1.165, 1.54) is 32.1 Å². The molecule has 414 valence electrons. The van der Waals surface area contributed by atoms with Gasteiger partial charge in [0.1, 0.15) is 30.0 Å². The first-order valence-corrected chi connectivity index (χ1v) is 29.4. The van der Waals surface area contributed by atoms with Gasteiger partial charge in [0, 0.05) is 24.7 Å². The van der Waals surface area contributed by atoms with Gasteiger partial charge in [0.25, 0.3) is 25.9 Å². The van der Waals surface area contributed by atoms with Gasteiger partial charge in [0.15, 0.2) is 0 Å². The van der Waals surface area contributed by atoms with Crippen LogP contribution in [0.15, 0.2) is 0 Å². The van der Waals surface area contributed by atoms with Gasteiger partial charge in [-0.1, -0.05) is 55.4 Å². The number of carbonyl (C=O) groups is 6. The van der Waals surface area contributed by atoms with Gasteiger partial charge in [-0.15, -0.1) is 0 Å². The first-order chi connectivity index (χ1) is 34.6. The lowest BCUT2D eigenvalue weighted by molar-refractivity contribution is -0.213. The molecule has 12 heteroatoms. The highest BCUT2D eigenvalue weighted by atomic mass is 16.6. The predicted octanol–water partition coefficient (Wildman–Crippen LogP) is 12.6. The fourth-order valence-corrected chi connectivity index (χ4v) is 20.4. The number of carbonyl (C=O) groups excluding carboxylic acids is 5. The van der Waals surface area contributed by atoms with Crippen molar-refractivity contribution in [1.29, 1.82) is 0 Å². The lowest BCUT2D eigenvalue weighted by atomic mass is 9.41. The van der Waals surface area contributed by atoms with Gasteiger partial charge in [0.05, 0.1) is 0 Å². The van der Waals surface area contributed by atoms with E-state index in [1.54, 1.807) is 0 Å². The number of ether oxygens (including phenoxy) is 5. The molecule has 0 aromatic rings. The Morgan fingerprint density at radius 1 is 0.548 bits per heavy atom. The smallest absolute Gasteiger partial charge is 0.306 e. The third kappa shape index (κ3) is 11.0. The molecule has 8 aliphatic carbocycles. The summed E-state index contributed by atoms with van der Waals surface area (Å²) in [6, 6.07) is 0. The van der Waals surface area contributed by atoms with E-state index < -0.39 is 11.6 Å². The number of carboxylic acids is 1. The summed E-state index contributed by atoms with van der Waals surface area (Å²) in [5.41, 5.74) is 0.333. The molecule has 73 heavy (non-hydrogen) atoms. The minimum absolute atomic E-state index is 0.0192. The van der Waals surface area contributed by atoms with Crippen LogP contribution in [0.3, 0.4) is 0 Å². The Kier molecular flexibility index (Phi) is 18.3. The van der Waals surface area contributed by atoms with Crippen LogP contribution in [0.5, 0.6) is 0 Å². The van der Waals surface area contributed by atoms with Gasteiger partial charge >= 0.3 is 11.9 Å². The summed E-state index contributed by atoms with van der Waals surface area (Å²) in [6.45, 7) is 27.4. The molecule has 1 N–H and O–H groups in total. The average Bonchev–Trinajstić information content (AvgIpc) is 3.88. The number of aliphatic carboxylic acids is 1. The zero-order valence-electron chi connectivity index (χ0n) is 47.0. The number of fused-ring (bicyclic) bond motifs is 10. The van der Waals surface area contributed by atoms with Crippen LogP contribution in [-0.4, -0.2) is 73.0 Å². The zero-order chi connectivity index (χ0) is 53.3. The molecule has 0 amide bonds. The molecule has 0 aromatic carbocycles. The second-order valence-electron chi connectivity index (χ2n) is 27.4. The average molecular weight is 1020 g/mol. The molecule has 8 fully saturated rings. The Hall–Kier alpha value is -3.18. The maximum atomic E-state index is 12.3. The van der Waals surface area contributed by atoms with Crippen LogP contribution < -0.4 is 0 Å². The molecule has 0 unspecified atom stereocenters. The summed E-state index contributed by atoms with van der Waals surface area (Å²) in [6.07, 6.45) is 20.3. The van der Waals surface area contributed by atoms with E-state index >= 15 is 0 Å². The predicted molar refractivity (Wildman–Crippen MR) is 278 cm³/mol. The number of hydrogen-bond donors (Lipinski definition) is 1. The van der Waals surface area contributed by atoms with Gasteiger partial charge in [0.2, 0.25) is 0 Å². The summed E-state index contributed by atoms with van der Waals surface area (Å²) in [5, 5.41) is 9.22. The Bertz CT molecular complexity index is 1920. The first-order valence-electron chi connectivity index (χ1n) is 29.4. The fraction of sp³-hybridized carbons (Fsp3) is 0.902. The Balaban J connectivity index is 0.000000216. The van der Waals surface area contributed by atoms with E-state index in [-0.39, 0.29) is 64.4 Å². The van der Waals surface area contributed by atoms with Crippen molar-refractivity contribution in [3.8, 4) is 0 Å². The van der Waals surface area contributed by atoms with Crippen molar-refractivity contribution in [2.45, 2.75) is 241 Å². The highest BCUT2D eigenvalue weighted by molar-refractivity contribution is 5.69. The number of carboxylic acid groups (broad SMARTS) is 1. The standard InChI is InChI=1S/C33H54O6.C28H44O6/c1-8-23-27-18-22(37-19-34)14-16-33(27,7)26-15-17-32(6)24(12-13-25(32)29(26)30(23)38-20-35)21(2)10-9-11-28(36)39-31(3,4)5;1-5-19-23-14-18(33-15-29)10-12-28(23,4)22-11-13-27(3)20(17(2)6-9-24(31)32)7-8-21(27)25(22)26(19)34-16-30/h19-27,29-30H,8-18H2,1-7H3;15-23,25-26H,5-14H2,1-4H3,(H,31,32)/t21-,22-,23-,24-,25+,26+,27+,29+,30-,32-,33-;17-,18-,19-,20-,21+,22+,23+,25+,26-,27-,28-/m11/s1. The largest absolute Gasteiger partial charge is 0.481 e. The first kappa shape index (κ1) is 57.5. The van der Waals surface area contributed by atoms with Gasteiger partial charge in [-0.25, -0.2) is 0 Å². The summed E-state index contributed by atoms with van der Waals surface area (Å²) < 4.78 is 28.5. The number of rotatable bonds is 19. The third-order valence-electron chi connectivity index (χ3n) is 23.4. The highest BCUT2D eigenvalue weighted by Gasteiger charge is 2.68. The van der Waals surface area contributed by atoms with Crippen LogP contribution in [0.1, 0.15) is 211 Å². The van der Waals surface area contributed by atoms with Crippen molar-refractivity contribution in [3.05, 3.63) is 0 Å². The molecule has 8 saturated carbocycles. The summed E-state index contributed by atoms with van der Waals surface area (Å²) in [5.74, 6) is 5.50. The monoisotopic (exact) mass is 1020 g/mol. The molecule has 0 aliphatic heterocycles. The van der Waals surface area contributed by atoms with Crippen molar-refractivity contribution >= 4 is 37.8 Å². The maximum Gasteiger partial charge on any atom is 0.306 e. The molecular formula is C61H98O12. The van der Waals surface area contributed by atoms with Crippen molar-refractivity contribution in [1.82, 2.24) is 0 Å². The van der Waals surface area contributed by atoms with Crippen molar-refractivity contribution in [2.24, 2.45) is 105 Å². The number of esters is 1. The van der Waals surface area contributed by atoms with E-state index in [0.29, 0.717) is 109 Å². The van der Waals surface area contributed by atoms with Crippen LogP contribution in [0.2, 0.25) is 0 Å². The second kappa shape index (κ2) is 23.2. The molecule has 8 aliphatic rings.